The normalized spacial score (nSPS) is 12.8. The lowest BCUT2D eigenvalue weighted by atomic mass is 10.0. The summed E-state index contributed by atoms with van der Waals surface area (Å²) in [5.41, 5.74) is 13.8. The van der Waals surface area contributed by atoms with Crippen LogP contribution in [-0.2, 0) is 6.42 Å². The zero-order valence-electron chi connectivity index (χ0n) is 26.5. The third-order valence-corrected chi connectivity index (χ3v) is 10.2. The number of benzene rings is 7. The van der Waals surface area contributed by atoms with Gasteiger partial charge in [0, 0.05) is 38.8 Å². The van der Waals surface area contributed by atoms with E-state index in [4.69, 9.17) is 0 Å². The first-order valence-corrected chi connectivity index (χ1v) is 16.8. The van der Waals surface area contributed by atoms with Gasteiger partial charge in [-0.3, -0.25) is 0 Å². The van der Waals surface area contributed by atoms with Gasteiger partial charge in [-0.15, -0.1) is 0 Å². The number of nitrogens with zero attached hydrogens (tertiary/aromatic N) is 2. The highest BCUT2D eigenvalue weighted by atomic mass is 15.0. The Morgan fingerprint density at radius 2 is 1.08 bits per heavy atom. The van der Waals surface area contributed by atoms with E-state index in [1.165, 1.54) is 88.4 Å². The fourth-order valence-corrected chi connectivity index (χ4v) is 7.92. The standard InChI is InChI=1S/C46H32N2/c1-2-10-31(11-3-1)33-20-24-37(25-21-33)47-43-17-9-7-15-41(43)45-44(47)29-28-40-39-14-6-8-16-42(39)48(46(40)45)38-26-22-34(23-27-38)36-19-18-32-12-4-5-13-35(32)30-36/h1-7,9-15,17-30H,8,16H2. The van der Waals surface area contributed by atoms with Crippen LogP contribution in [0.5, 0.6) is 0 Å². The summed E-state index contributed by atoms with van der Waals surface area (Å²) < 4.78 is 4.99. The van der Waals surface area contributed by atoms with E-state index in [-0.39, 0.29) is 0 Å². The molecule has 0 aliphatic heterocycles. The molecule has 0 amide bonds. The minimum absolute atomic E-state index is 1.02. The number of fused-ring (bicyclic) bond motifs is 8. The molecule has 0 unspecified atom stereocenters. The molecule has 9 aromatic rings. The highest BCUT2D eigenvalue weighted by Crippen LogP contribution is 2.43. The fourth-order valence-electron chi connectivity index (χ4n) is 7.92. The van der Waals surface area contributed by atoms with Crippen LogP contribution in [0, 0.1) is 0 Å². The number of hydrogen-bond acceptors (Lipinski definition) is 0. The van der Waals surface area contributed by atoms with E-state index in [1.54, 1.807) is 0 Å². The van der Waals surface area contributed by atoms with Crippen LogP contribution in [0.1, 0.15) is 17.7 Å². The molecular weight excluding hydrogens is 581 g/mol. The Labute approximate surface area is 279 Å². The molecule has 7 aromatic carbocycles. The Hall–Kier alpha value is -6.12. The summed E-state index contributed by atoms with van der Waals surface area (Å²) in [4.78, 5) is 0. The first-order valence-electron chi connectivity index (χ1n) is 16.8. The minimum Gasteiger partial charge on any atom is -0.312 e. The Morgan fingerprint density at radius 3 is 1.90 bits per heavy atom. The van der Waals surface area contributed by atoms with E-state index in [9.17, 15) is 0 Å². The van der Waals surface area contributed by atoms with Gasteiger partial charge in [0.2, 0.25) is 0 Å². The lowest BCUT2D eigenvalue weighted by molar-refractivity contribution is 0.890. The van der Waals surface area contributed by atoms with E-state index in [2.05, 4.69) is 179 Å². The lowest BCUT2D eigenvalue weighted by Gasteiger charge is -2.15. The Bertz CT molecular complexity index is 2690. The second-order valence-electron chi connectivity index (χ2n) is 12.9. The maximum absolute atomic E-state index is 2.55. The van der Waals surface area contributed by atoms with Crippen LogP contribution < -0.4 is 0 Å². The van der Waals surface area contributed by atoms with E-state index in [0.717, 1.165) is 12.8 Å². The molecule has 1 aliphatic rings. The number of allylic oxidation sites excluding steroid dienone is 1. The summed E-state index contributed by atoms with van der Waals surface area (Å²) in [6.07, 6.45) is 6.75. The van der Waals surface area contributed by atoms with Gasteiger partial charge in [0.15, 0.2) is 0 Å². The van der Waals surface area contributed by atoms with Gasteiger partial charge in [0.1, 0.15) is 0 Å². The molecule has 1 aliphatic carbocycles. The van der Waals surface area contributed by atoms with E-state index in [1.807, 2.05) is 0 Å². The lowest BCUT2D eigenvalue weighted by Crippen LogP contribution is -2.03. The largest absolute Gasteiger partial charge is 0.312 e. The first-order chi connectivity index (χ1) is 23.8. The third-order valence-electron chi connectivity index (χ3n) is 10.2. The van der Waals surface area contributed by atoms with E-state index >= 15 is 0 Å². The van der Waals surface area contributed by atoms with Crippen molar-refractivity contribution in [3.8, 4) is 33.6 Å². The number of para-hydroxylation sites is 1. The maximum atomic E-state index is 2.55. The summed E-state index contributed by atoms with van der Waals surface area (Å²) in [7, 11) is 0. The van der Waals surface area contributed by atoms with Crippen LogP contribution in [0.4, 0.5) is 0 Å². The molecule has 0 fully saturated rings. The van der Waals surface area contributed by atoms with Gasteiger partial charge in [0.05, 0.1) is 16.6 Å². The average Bonchev–Trinajstić information content (AvgIpc) is 3.68. The minimum atomic E-state index is 1.02. The molecule has 48 heavy (non-hydrogen) atoms. The van der Waals surface area contributed by atoms with Crippen molar-refractivity contribution in [3.05, 3.63) is 175 Å². The zero-order valence-corrected chi connectivity index (χ0v) is 26.5. The Kier molecular flexibility index (Phi) is 6.04. The zero-order chi connectivity index (χ0) is 31.6. The molecule has 0 atom stereocenters. The third kappa shape index (κ3) is 4.13. The second kappa shape index (κ2) is 10.7. The van der Waals surface area contributed by atoms with Crippen LogP contribution in [0.2, 0.25) is 0 Å². The summed E-state index contributed by atoms with van der Waals surface area (Å²) >= 11 is 0. The van der Waals surface area contributed by atoms with Gasteiger partial charge in [-0.2, -0.15) is 0 Å². The highest BCUT2D eigenvalue weighted by Gasteiger charge is 2.24. The number of hydrogen-bond donors (Lipinski definition) is 0. The molecule has 0 radical (unpaired) electrons. The van der Waals surface area contributed by atoms with Gasteiger partial charge in [0.25, 0.3) is 0 Å². The van der Waals surface area contributed by atoms with Gasteiger partial charge >= 0.3 is 0 Å². The molecule has 0 spiro atoms. The molecule has 0 N–H and O–H groups in total. The molecular formula is C46H32N2. The highest BCUT2D eigenvalue weighted by molar-refractivity contribution is 6.22. The van der Waals surface area contributed by atoms with Gasteiger partial charge < -0.3 is 9.13 Å². The second-order valence-corrected chi connectivity index (χ2v) is 12.9. The molecule has 2 heterocycles. The predicted octanol–water partition coefficient (Wildman–Crippen LogP) is 12.2. The molecule has 2 aromatic heterocycles. The molecule has 0 bridgehead atoms. The quantitative estimate of drug-likeness (QED) is 0.187. The maximum Gasteiger partial charge on any atom is 0.0638 e. The van der Waals surface area contributed by atoms with Crippen molar-refractivity contribution in [3.63, 3.8) is 0 Å². The van der Waals surface area contributed by atoms with E-state index < -0.39 is 0 Å². The molecule has 0 saturated heterocycles. The first kappa shape index (κ1) is 27.0. The molecule has 0 saturated carbocycles. The van der Waals surface area contributed by atoms with Crippen molar-refractivity contribution in [1.29, 1.82) is 0 Å². The number of rotatable bonds is 4. The van der Waals surface area contributed by atoms with Crippen molar-refractivity contribution < 1.29 is 0 Å². The molecule has 226 valence electrons. The summed E-state index contributed by atoms with van der Waals surface area (Å²) in [6, 6.07) is 57.7. The Balaban J connectivity index is 1.19. The summed E-state index contributed by atoms with van der Waals surface area (Å²) in [5.74, 6) is 0. The van der Waals surface area contributed by atoms with E-state index in [0.29, 0.717) is 0 Å². The number of aromatic nitrogens is 2. The molecule has 10 rings (SSSR count). The van der Waals surface area contributed by atoms with Crippen molar-refractivity contribution in [2.45, 2.75) is 12.8 Å². The molecule has 2 heteroatoms. The van der Waals surface area contributed by atoms with Crippen molar-refractivity contribution >= 4 is 49.6 Å². The van der Waals surface area contributed by atoms with Crippen LogP contribution in [0.15, 0.2) is 164 Å². The van der Waals surface area contributed by atoms with Crippen LogP contribution in [0.25, 0.3) is 83.2 Å². The van der Waals surface area contributed by atoms with Gasteiger partial charge in [-0.1, -0.05) is 127 Å². The van der Waals surface area contributed by atoms with Crippen molar-refractivity contribution in [2.75, 3.05) is 0 Å². The fraction of sp³-hybridized carbons (Fsp3) is 0.0435. The van der Waals surface area contributed by atoms with Crippen LogP contribution >= 0.6 is 0 Å². The summed E-state index contributed by atoms with van der Waals surface area (Å²) in [6.45, 7) is 0. The predicted molar refractivity (Wildman–Crippen MR) is 203 cm³/mol. The Morgan fingerprint density at radius 1 is 0.438 bits per heavy atom. The smallest absolute Gasteiger partial charge is 0.0638 e. The van der Waals surface area contributed by atoms with Gasteiger partial charge in [-0.05, 0) is 88.3 Å². The summed E-state index contributed by atoms with van der Waals surface area (Å²) in [5, 5.41) is 6.43. The monoisotopic (exact) mass is 612 g/mol. The van der Waals surface area contributed by atoms with Crippen LogP contribution in [-0.4, -0.2) is 9.13 Å². The molecule has 2 nitrogen and oxygen atoms in total. The van der Waals surface area contributed by atoms with Gasteiger partial charge in [-0.25, -0.2) is 0 Å². The van der Waals surface area contributed by atoms with Crippen LogP contribution in [0.3, 0.4) is 0 Å². The van der Waals surface area contributed by atoms with Crippen molar-refractivity contribution in [1.82, 2.24) is 9.13 Å². The average molecular weight is 613 g/mol. The topological polar surface area (TPSA) is 9.86 Å². The SMILES string of the molecule is C1=Cc2c(n(-c3ccc(-c4ccc5ccccc5c4)cc3)c3c2ccc2c3c3ccccc3n2-c2ccc(-c3ccccc3)cc2)CC1. The van der Waals surface area contributed by atoms with Crippen molar-refractivity contribution in [2.24, 2.45) is 0 Å².